The number of nitriles is 1. The summed E-state index contributed by atoms with van der Waals surface area (Å²) in [6.45, 7) is 0. The number of amides is 1. The van der Waals surface area contributed by atoms with E-state index in [1.54, 1.807) is 24.3 Å². The monoisotopic (exact) mass is 322 g/mol. The molecule has 0 aliphatic heterocycles. The van der Waals surface area contributed by atoms with Gasteiger partial charge in [-0.1, -0.05) is 12.1 Å². The molecule has 2 N–H and O–H groups in total. The average molecular weight is 322 g/mol. The molecule has 0 bridgehead atoms. The zero-order valence-electron chi connectivity index (χ0n) is 12.8. The van der Waals surface area contributed by atoms with Crippen LogP contribution < -0.4 is 10.1 Å². The zero-order chi connectivity index (χ0) is 17.5. The predicted octanol–water partition coefficient (Wildman–Crippen LogP) is 2.94. The molecule has 0 aromatic heterocycles. The Hall–Kier alpha value is -3.59. The Morgan fingerprint density at radius 3 is 2.50 bits per heavy atom. The van der Waals surface area contributed by atoms with Gasteiger partial charge in [-0.2, -0.15) is 5.26 Å². The van der Waals surface area contributed by atoms with E-state index >= 15 is 0 Å². The summed E-state index contributed by atoms with van der Waals surface area (Å²) in [5.41, 5.74) is 1.09. The predicted molar refractivity (Wildman–Crippen MR) is 88.6 cm³/mol. The topological polar surface area (TPSA) is 99.4 Å². The Balaban J connectivity index is 2.17. The average Bonchev–Trinajstić information content (AvgIpc) is 2.60. The van der Waals surface area contributed by atoms with Crippen molar-refractivity contribution in [2.75, 3.05) is 12.4 Å². The van der Waals surface area contributed by atoms with Crippen molar-refractivity contribution in [3.8, 4) is 11.8 Å². The van der Waals surface area contributed by atoms with Gasteiger partial charge in [-0.05, 0) is 48.0 Å². The summed E-state index contributed by atoms with van der Waals surface area (Å²) in [5, 5.41) is 20.6. The number of nitrogens with zero attached hydrogens (tertiary/aromatic N) is 1. The van der Waals surface area contributed by atoms with Gasteiger partial charge in [-0.3, -0.25) is 4.79 Å². The van der Waals surface area contributed by atoms with Crippen LogP contribution in [0.3, 0.4) is 0 Å². The van der Waals surface area contributed by atoms with E-state index in [9.17, 15) is 14.9 Å². The maximum Gasteiger partial charge on any atom is 0.335 e. The SMILES string of the molecule is COc1cccc(/C=C(/C#N)C(=O)Nc2ccc(C(=O)O)cc2)c1. The highest BCUT2D eigenvalue weighted by atomic mass is 16.5. The molecule has 6 heteroatoms. The molecule has 0 aliphatic rings. The number of carboxylic acid groups (broad SMARTS) is 1. The van der Waals surface area contributed by atoms with E-state index in [1.807, 2.05) is 6.07 Å². The molecule has 1 amide bonds. The van der Waals surface area contributed by atoms with Gasteiger partial charge in [0.2, 0.25) is 0 Å². The Morgan fingerprint density at radius 2 is 1.92 bits per heavy atom. The van der Waals surface area contributed by atoms with Crippen LogP contribution in [0.2, 0.25) is 0 Å². The number of hydrogen-bond donors (Lipinski definition) is 2. The smallest absolute Gasteiger partial charge is 0.335 e. The van der Waals surface area contributed by atoms with Crippen LogP contribution in [0.5, 0.6) is 5.75 Å². The minimum atomic E-state index is -1.05. The zero-order valence-corrected chi connectivity index (χ0v) is 12.8. The number of carboxylic acids is 1. The van der Waals surface area contributed by atoms with E-state index in [2.05, 4.69) is 5.32 Å². The van der Waals surface area contributed by atoms with E-state index in [1.165, 1.54) is 37.5 Å². The lowest BCUT2D eigenvalue weighted by Crippen LogP contribution is -2.13. The summed E-state index contributed by atoms with van der Waals surface area (Å²) < 4.78 is 5.10. The normalized spacial score (nSPS) is 10.6. The molecule has 0 fully saturated rings. The summed E-state index contributed by atoms with van der Waals surface area (Å²) in [6, 6.07) is 14.5. The van der Waals surface area contributed by atoms with E-state index in [4.69, 9.17) is 9.84 Å². The Kier molecular flexibility index (Phi) is 5.32. The van der Waals surface area contributed by atoms with Crippen LogP contribution in [0.4, 0.5) is 5.69 Å². The van der Waals surface area contributed by atoms with Crippen LogP contribution in [0.15, 0.2) is 54.1 Å². The molecule has 2 aromatic rings. The molecule has 0 atom stereocenters. The second-order valence-corrected chi connectivity index (χ2v) is 4.78. The third-order valence-corrected chi connectivity index (χ3v) is 3.16. The lowest BCUT2D eigenvalue weighted by molar-refractivity contribution is -0.112. The first-order chi connectivity index (χ1) is 11.5. The van der Waals surface area contributed by atoms with Crippen molar-refractivity contribution in [3.05, 3.63) is 65.2 Å². The number of hydrogen-bond acceptors (Lipinski definition) is 4. The van der Waals surface area contributed by atoms with Crippen LogP contribution in [-0.2, 0) is 4.79 Å². The first-order valence-electron chi connectivity index (χ1n) is 6.94. The third kappa shape index (κ3) is 4.21. The first kappa shape index (κ1) is 16.8. The molecule has 6 nitrogen and oxygen atoms in total. The molecule has 0 saturated carbocycles. The summed E-state index contributed by atoms with van der Waals surface area (Å²) in [6.07, 6.45) is 1.45. The number of carbonyl (C=O) groups is 2. The number of benzene rings is 2. The molecule has 2 aromatic carbocycles. The van der Waals surface area contributed by atoms with E-state index in [0.717, 1.165) is 0 Å². The molecule has 0 unspecified atom stereocenters. The van der Waals surface area contributed by atoms with Crippen LogP contribution in [-0.4, -0.2) is 24.1 Å². The van der Waals surface area contributed by atoms with Gasteiger partial charge in [0.15, 0.2) is 0 Å². The quantitative estimate of drug-likeness (QED) is 0.651. The Bertz CT molecular complexity index is 833. The molecule has 0 saturated heterocycles. The second-order valence-electron chi connectivity index (χ2n) is 4.78. The number of nitrogens with one attached hydrogen (secondary N) is 1. The van der Waals surface area contributed by atoms with Crippen molar-refractivity contribution >= 4 is 23.6 Å². The van der Waals surface area contributed by atoms with Crippen molar-refractivity contribution in [1.29, 1.82) is 5.26 Å². The molecule has 2 rings (SSSR count). The van der Waals surface area contributed by atoms with E-state index < -0.39 is 11.9 Å². The molecule has 120 valence electrons. The fourth-order valence-electron chi connectivity index (χ4n) is 1.94. The number of rotatable bonds is 5. The molecule has 0 aliphatic carbocycles. The fourth-order valence-corrected chi connectivity index (χ4v) is 1.94. The number of aromatic carboxylic acids is 1. The maximum atomic E-state index is 12.2. The largest absolute Gasteiger partial charge is 0.497 e. The lowest BCUT2D eigenvalue weighted by atomic mass is 10.1. The van der Waals surface area contributed by atoms with Crippen LogP contribution in [0, 0.1) is 11.3 Å². The van der Waals surface area contributed by atoms with Crippen molar-refractivity contribution in [1.82, 2.24) is 0 Å². The summed E-state index contributed by atoms with van der Waals surface area (Å²) in [4.78, 5) is 23.0. The van der Waals surface area contributed by atoms with Crippen molar-refractivity contribution in [2.45, 2.75) is 0 Å². The molecular weight excluding hydrogens is 308 g/mol. The first-order valence-corrected chi connectivity index (χ1v) is 6.94. The fraction of sp³-hybridized carbons (Fsp3) is 0.0556. The number of carbonyl (C=O) groups excluding carboxylic acids is 1. The van der Waals surface area contributed by atoms with E-state index in [0.29, 0.717) is 17.0 Å². The third-order valence-electron chi connectivity index (χ3n) is 3.16. The van der Waals surface area contributed by atoms with Crippen LogP contribution >= 0.6 is 0 Å². The molecule has 0 heterocycles. The number of ether oxygens (including phenoxy) is 1. The number of methoxy groups -OCH3 is 1. The van der Waals surface area contributed by atoms with Gasteiger partial charge < -0.3 is 15.2 Å². The van der Waals surface area contributed by atoms with Gasteiger partial charge >= 0.3 is 5.97 Å². The summed E-state index contributed by atoms with van der Waals surface area (Å²) >= 11 is 0. The van der Waals surface area contributed by atoms with Crippen molar-refractivity contribution in [2.24, 2.45) is 0 Å². The van der Waals surface area contributed by atoms with Crippen molar-refractivity contribution in [3.63, 3.8) is 0 Å². The standard InChI is InChI=1S/C18H14N2O4/c1-24-16-4-2-3-12(10-16)9-14(11-19)17(21)20-15-7-5-13(6-8-15)18(22)23/h2-10H,1H3,(H,20,21)(H,22,23)/b14-9-. The summed E-state index contributed by atoms with van der Waals surface area (Å²) in [7, 11) is 1.53. The van der Waals surface area contributed by atoms with Gasteiger partial charge in [0, 0.05) is 5.69 Å². The van der Waals surface area contributed by atoms with E-state index in [-0.39, 0.29) is 11.1 Å². The molecule has 0 spiro atoms. The minimum absolute atomic E-state index is 0.0782. The highest BCUT2D eigenvalue weighted by molar-refractivity contribution is 6.09. The highest BCUT2D eigenvalue weighted by Gasteiger charge is 2.10. The highest BCUT2D eigenvalue weighted by Crippen LogP contribution is 2.16. The number of anilines is 1. The maximum absolute atomic E-state index is 12.2. The lowest BCUT2D eigenvalue weighted by Gasteiger charge is -2.05. The Labute approximate surface area is 138 Å². The van der Waals surface area contributed by atoms with Crippen molar-refractivity contribution < 1.29 is 19.4 Å². The molecular formula is C18H14N2O4. The van der Waals surface area contributed by atoms with Gasteiger partial charge in [-0.25, -0.2) is 4.79 Å². The van der Waals surface area contributed by atoms with Crippen LogP contribution in [0.25, 0.3) is 6.08 Å². The second kappa shape index (κ2) is 7.61. The van der Waals surface area contributed by atoms with Gasteiger partial charge in [0.25, 0.3) is 5.91 Å². The minimum Gasteiger partial charge on any atom is -0.497 e. The summed E-state index contributed by atoms with van der Waals surface area (Å²) in [5.74, 6) is -1.02. The van der Waals surface area contributed by atoms with Gasteiger partial charge in [0.05, 0.1) is 12.7 Å². The van der Waals surface area contributed by atoms with Gasteiger partial charge in [0.1, 0.15) is 17.4 Å². The molecule has 24 heavy (non-hydrogen) atoms. The van der Waals surface area contributed by atoms with Crippen LogP contribution in [0.1, 0.15) is 15.9 Å². The Morgan fingerprint density at radius 1 is 1.21 bits per heavy atom. The molecule has 0 radical (unpaired) electrons. The van der Waals surface area contributed by atoms with Gasteiger partial charge in [-0.15, -0.1) is 0 Å².